The molecule has 1 N–H and O–H groups in total. The van der Waals surface area contributed by atoms with Crippen LogP contribution >= 0.6 is 0 Å². The fourth-order valence-electron chi connectivity index (χ4n) is 0.865. The second kappa shape index (κ2) is 6.64. The second-order valence-electron chi connectivity index (χ2n) is 2.74. The molecule has 1 unspecified atom stereocenters. The fourth-order valence-corrected chi connectivity index (χ4v) is 0.865. The summed E-state index contributed by atoms with van der Waals surface area (Å²) in [5.74, 6) is 3.42. The quantitative estimate of drug-likeness (QED) is 0.571. The van der Waals surface area contributed by atoms with Crippen molar-refractivity contribution < 1.29 is 0 Å². The van der Waals surface area contributed by atoms with Crippen LogP contribution in [0.5, 0.6) is 0 Å². The van der Waals surface area contributed by atoms with E-state index in [0.717, 1.165) is 25.3 Å². The summed E-state index contributed by atoms with van der Waals surface area (Å²) < 4.78 is 0. The average Bonchev–Trinajstić information content (AvgIpc) is 1.97. The van der Waals surface area contributed by atoms with Gasteiger partial charge in [0.15, 0.2) is 0 Å². The van der Waals surface area contributed by atoms with Crippen molar-refractivity contribution in [2.45, 2.75) is 26.2 Å². The second-order valence-corrected chi connectivity index (χ2v) is 2.74. The van der Waals surface area contributed by atoms with Crippen molar-refractivity contribution in [3.05, 3.63) is 0 Å². The van der Waals surface area contributed by atoms with Gasteiger partial charge in [0.1, 0.15) is 0 Å². The molecule has 0 fully saturated rings. The van der Waals surface area contributed by atoms with E-state index in [1.54, 1.807) is 0 Å². The normalized spacial score (nSPS) is 12.5. The van der Waals surface area contributed by atoms with Gasteiger partial charge < -0.3 is 5.32 Å². The standard InChI is InChI=1S/C9H17N/c1-4-5-6-9(2)7-8-10-3/h1,9-10H,5-8H2,2-3H3. The summed E-state index contributed by atoms with van der Waals surface area (Å²) in [5.41, 5.74) is 0. The molecule has 0 heterocycles. The first kappa shape index (κ1) is 9.52. The Morgan fingerprint density at radius 2 is 2.20 bits per heavy atom. The van der Waals surface area contributed by atoms with Crippen molar-refractivity contribution in [1.29, 1.82) is 0 Å². The van der Waals surface area contributed by atoms with Gasteiger partial charge in [-0.1, -0.05) is 6.92 Å². The summed E-state index contributed by atoms with van der Waals surface area (Å²) in [6, 6.07) is 0. The Morgan fingerprint density at radius 3 is 2.70 bits per heavy atom. The van der Waals surface area contributed by atoms with Crippen LogP contribution in [0.25, 0.3) is 0 Å². The first-order valence-electron chi connectivity index (χ1n) is 3.89. The summed E-state index contributed by atoms with van der Waals surface area (Å²) in [6.07, 6.45) is 8.46. The van der Waals surface area contributed by atoms with Gasteiger partial charge in [0.25, 0.3) is 0 Å². The van der Waals surface area contributed by atoms with Gasteiger partial charge in [-0.05, 0) is 32.4 Å². The molecule has 0 saturated heterocycles. The molecule has 58 valence electrons. The number of terminal acetylenes is 1. The van der Waals surface area contributed by atoms with Crippen LogP contribution in [0.3, 0.4) is 0 Å². The number of rotatable bonds is 5. The third-order valence-electron chi connectivity index (χ3n) is 1.67. The fraction of sp³-hybridized carbons (Fsp3) is 0.778. The lowest BCUT2D eigenvalue weighted by Gasteiger charge is -2.07. The molecule has 0 radical (unpaired) electrons. The zero-order valence-electron chi connectivity index (χ0n) is 6.98. The van der Waals surface area contributed by atoms with E-state index in [1.165, 1.54) is 6.42 Å². The van der Waals surface area contributed by atoms with Crippen molar-refractivity contribution in [3.63, 3.8) is 0 Å². The number of nitrogens with one attached hydrogen (secondary N) is 1. The predicted molar refractivity (Wildman–Crippen MR) is 45.8 cm³/mol. The lowest BCUT2D eigenvalue weighted by molar-refractivity contribution is 0.488. The van der Waals surface area contributed by atoms with E-state index in [-0.39, 0.29) is 0 Å². The molecule has 0 rings (SSSR count). The van der Waals surface area contributed by atoms with Gasteiger partial charge in [-0.25, -0.2) is 0 Å². The molecule has 0 aromatic rings. The molecule has 0 aliphatic rings. The van der Waals surface area contributed by atoms with Gasteiger partial charge in [-0.2, -0.15) is 0 Å². The highest BCUT2D eigenvalue weighted by molar-refractivity contribution is 4.83. The number of hydrogen-bond acceptors (Lipinski definition) is 1. The van der Waals surface area contributed by atoms with Crippen molar-refractivity contribution in [3.8, 4) is 12.3 Å². The Hall–Kier alpha value is -0.480. The molecule has 0 aromatic carbocycles. The van der Waals surface area contributed by atoms with E-state index in [1.807, 2.05) is 7.05 Å². The Bertz CT molecular complexity index is 102. The van der Waals surface area contributed by atoms with Crippen molar-refractivity contribution in [1.82, 2.24) is 5.32 Å². The van der Waals surface area contributed by atoms with E-state index in [4.69, 9.17) is 6.42 Å². The maximum atomic E-state index is 5.14. The highest BCUT2D eigenvalue weighted by Gasteiger charge is 1.98. The van der Waals surface area contributed by atoms with Crippen LogP contribution in [-0.4, -0.2) is 13.6 Å². The van der Waals surface area contributed by atoms with Crippen molar-refractivity contribution >= 4 is 0 Å². The summed E-state index contributed by atoms with van der Waals surface area (Å²) in [6.45, 7) is 3.35. The molecular weight excluding hydrogens is 122 g/mol. The molecule has 1 nitrogen and oxygen atoms in total. The van der Waals surface area contributed by atoms with Crippen LogP contribution < -0.4 is 5.32 Å². The molecule has 0 saturated carbocycles. The Labute approximate surface area is 64.2 Å². The molecule has 0 bridgehead atoms. The lowest BCUT2D eigenvalue weighted by Crippen LogP contribution is -2.11. The van der Waals surface area contributed by atoms with Gasteiger partial charge in [0, 0.05) is 6.42 Å². The summed E-state index contributed by atoms with van der Waals surface area (Å²) in [5, 5.41) is 3.12. The molecule has 0 aromatic heterocycles. The largest absolute Gasteiger partial charge is 0.320 e. The highest BCUT2D eigenvalue weighted by Crippen LogP contribution is 2.07. The van der Waals surface area contributed by atoms with E-state index in [0.29, 0.717) is 0 Å². The molecule has 0 aliphatic carbocycles. The minimum absolute atomic E-state index is 0.767. The van der Waals surface area contributed by atoms with E-state index in [9.17, 15) is 0 Å². The van der Waals surface area contributed by atoms with Crippen molar-refractivity contribution in [2.24, 2.45) is 5.92 Å². The highest BCUT2D eigenvalue weighted by atomic mass is 14.8. The minimum atomic E-state index is 0.767. The zero-order valence-corrected chi connectivity index (χ0v) is 6.98. The molecule has 0 aliphatic heterocycles. The third kappa shape index (κ3) is 5.65. The van der Waals surface area contributed by atoms with E-state index in [2.05, 4.69) is 18.2 Å². The zero-order chi connectivity index (χ0) is 7.82. The van der Waals surface area contributed by atoms with Crippen molar-refractivity contribution in [2.75, 3.05) is 13.6 Å². The SMILES string of the molecule is C#CCCC(C)CCNC. The lowest BCUT2D eigenvalue weighted by atomic mass is 10.0. The topological polar surface area (TPSA) is 12.0 Å². The third-order valence-corrected chi connectivity index (χ3v) is 1.67. The minimum Gasteiger partial charge on any atom is -0.320 e. The van der Waals surface area contributed by atoms with Gasteiger partial charge in [-0.15, -0.1) is 12.3 Å². The van der Waals surface area contributed by atoms with Crippen LogP contribution in [0.15, 0.2) is 0 Å². The summed E-state index contributed by atoms with van der Waals surface area (Å²) >= 11 is 0. The molecule has 1 atom stereocenters. The van der Waals surface area contributed by atoms with Crippen LogP contribution in [-0.2, 0) is 0 Å². The molecular formula is C9H17N. The summed E-state index contributed by atoms with van der Waals surface area (Å²) in [7, 11) is 1.98. The smallest absolute Gasteiger partial charge is 0.00886 e. The van der Waals surface area contributed by atoms with Gasteiger partial charge in [-0.3, -0.25) is 0 Å². The van der Waals surface area contributed by atoms with Crippen LogP contribution in [0.1, 0.15) is 26.2 Å². The Balaban J connectivity index is 3.10. The maximum Gasteiger partial charge on any atom is 0.00886 e. The molecule has 10 heavy (non-hydrogen) atoms. The van der Waals surface area contributed by atoms with E-state index >= 15 is 0 Å². The Morgan fingerprint density at radius 1 is 1.50 bits per heavy atom. The monoisotopic (exact) mass is 139 g/mol. The average molecular weight is 139 g/mol. The first-order valence-corrected chi connectivity index (χ1v) is 3.89. The van der Waals surface area contributed by atoms with Crippen LogP contribution in [0.4, 0.5) is 0 Å². The molecule has 1 heteroatoms. The molecule has 0 amide bonds. The van der Waals surface area contributed by atoms with Gasteiger partial charge in [0.2, 0.25) is 0 Å². The number of hydrogen-bond donors (Lipinski definition) is 1. The van der Waals surface area contributed by atoms with Gasteiger partial charge >= 0.3 is 0 Å². The van der Waals surface area contributed by atoms with Crippen LogP contribution in [0, 0.1) is 18.3 Å². The first-order chi connectivity index (χ1) is 4.81. The van der Waals surface area contributed by atoms with E-state index < -0.39 is 0 Å². The summed E-state index contributed by atoms with van der Waals surface area (Å²) in [4.78, 5) is 0. The Kier molecular flexibility index (Phi) is 6.32. The maximum absolute atomic E-state index is 5.14. The van der Waals surface area contributed by atoms with Gasteiger partial charge in [0.05, 0.1) is 0 Å². The predicted octanol–water partition coefficient (Wildman–Crippen LogP) is 1.65. The van der Waals surface area contributed by atoms with Crippen LogP contribution in [0.2, 0.25) is 0 Å². The molecule has 0 spiro atoms.